The summed E-state index contributed by atoms with van der Waals surface area (Å²) < 4.78 is 0. The molecule has 7 heteroatoms. The summed E-state index contributed by atoms with van der Waals surface area (Å²) in [7, 11) is 0. The molecule has 0 spiro atoms. The predicted octanol–water partition coefficient (Wildman–Crippen LogP) is 1.42. The molecule has 1 amide bonds. The Morgan fingerprint density at radius 1 is 1.00 bits per heavy atom. The number of fused-ring (bicyclic) bond motifs is 1. The Morgan fingerprint density at radius 2 is 1.63 bits per heavy atom. The first kappa shape index (κ1) is 22.7. The number of aryl methyl sites for hydroxylation is 2. The van der Waals surface area contributed by atoms with Crippen LogP contribution in [0, 0.1) is 13.8 Å². The van der Waals surface area contributed by atoms with Crippen LogP contribution in [-0.4, -0.2) is 70.9 Å². The van der Waals surface area contributed by atoms with Crippen molar-refractivity contribution in [3.05, 3.63) is 34.9 Å². The van der Waals surface area contributed by atoms with Gasteiger partial charge in [0.1, 0.15) is 12.2 Å². The summed E-state index contributed by atoms with van der Waals surface area (Å²) in [6, 6.07) is 4.00. The second kappa shape index (κ2) is 9.92. The average molecular weight is 419 g/mol. The normalized spacial score (nSPS) is 20.1. The van der Waals surface area contributed by atoms with Crippen LogP contribution in [0.25, 0.3) is 0 Å². The topological polar surface area (TPSA) is 104 Å². The molecular formula is C23H34N2O5. The lowest BCUT2D eigenvalue weighted by Gasteiger charge is -2.39. The number of allylic oxidation sites excluding steroid dienone is 1. The molecule has 1 aliphatic heterocycles. The summed E-state index contributed by atoms with van der Waals surface area (Å²) in [5.41, 5.74) is 5.19. The van der Waals surface area contributed by atoms with E-state index in [1.165, 1.54) is 24.8 Å². The highest BCUT2D eigenvalue weighted by molar-refractivity contribution is 6.03. The number of aliphatic hydroxyl groups is 4. The Bertz CT molecular complexity index is 786. The number of carbonyl (C=O) groups is 1. The number of hydrogen-bond donors (Lipinski definition) is 4. The van der Waals surface area contributed by atoms with E-state index in [2.05, 4.69) is 6.08 Å². The second-order valence-corrected chi connectivity index (χ2v) is 8.54. The zero-order valence-electron chi connectivity index (χ0n) is 17.9. The highest BCUT2D eigenvalue weighted by atomic mass is 16.4. The van der Waals surface area contributed by atoms with Gasteiger partial charge in [0.2, 0.25) is 5.91 Å². The Morgan fingerprint density at radius 3 is 2.27 bits per heavy atom. The van der Waals surface area contributed by atoms with E-state index in [4.69, 9.17) is 5.11 Å². The van der Waals surface area contributed by atoms with Crippen LogP contribution in [0.5, 0.6) is 0 Å². The van der Waals surface area contributed by atoms with Crippen LogP contribution in [0.4, 0.5) is 11.4 Å². The fraction of sp³-hybridized carbons (Fsp3) is 0.609. The maximum Gasteiger partial charge on any atom is 0.246 e. The fourth-order valence-corrected chi connectivity index (χ4v) is 4.22. The third-order valence-electron chi connectivity index (χ3n) is 6.29. The third-order valence-corrected chi connectivity index (χ3v) is 6.29. The molecule has 0 aromatic heterocycles. The zero-order chi connectivity index (χ0) is 21.8. The Kier molecular flexibility index (Phi) is 7.52. The maximum absolute atomic E-state index is 13.0. The maximum atomic E-state index is 13.0. The number of anilines is 2. The van der Waals surface area contributed by atoms with Crippen molar-refractivity contribution in [2.24, 2.45) is 0 Å². The first-order valence-corrected chi connectivity index (χ1v) is 10.8. The van der Waals surface area contributed by atoms with Crippen molar-refractivity contribution in [3.63, 3.8) is 0 Å². The van der Waals surface area contributed by atoms with Gasteiger partial charge >= 0.3 is 0 Å². The molecule has 1 aromatic carbocycles. The molecule has 0 saturated heterocycles. The van der Waals surface area contributed by atoms with Crippen LogP contribution in [-0.2, 0) is 4.79 Å². The lowest BCUT2D eigenvalue weighted by atomic mass is 9.94. The largest absolute Gasteiger partial charge is 0.394 e. The standard InChI is InChI=1S/C23H34N2O5/c1-15-10-18-19(11-16(15)2)25(9-8-17-6-4-3-5-7-17)22(29)13-24(18)12-20(27)23(30)21(28)14-26/h8,10-11,20-21,23,26-28,30H,3-7,9,12-14H2,1-2H3/t20-,21+,23-/m0/s1. The van der Waals surface area contributed by atoms with E-state index in [-0.39, 0.29) is 19.0 Å². The first-order valence-electron chi connectivity index (χ1n) is 10.8. The molecule has 0 unspecified atom stereocenters. The Labute approximate surface area is 178 Å². The summed E-state index contributed by atoms with van der Waals surface area (Å²) in [4.78, 5) is 16.5. The van der Waals surface area contributed by atoms with E-state index in [0.717, 1.165) is 35.3 Å². The van der Waals surface area contributed by atoms with E-state index in [1.807, 2.05) is 26.0 Å². The number of hydrogen-bond acceptors (Lipinski definition) is 6. The van der Waals surface area contributed by atoms with Crippen molar-refractivity contribution >= 4 is 17.3 Å². The van der Waals surface area contributed by atoms with Crippen molar-refractivity contribution in [1.82, 2.24) is 0 Å². The van der Waals surface area contributed by atoms with Crippen LogP contribution in [0.1, 0.15) is 43.2 Å². The summed E-state index contributed by atoms with van der Waals surface area (Å²) in [6.07, 6.45) is 3.86. The van der Waals surface area contributed by atoms with Gasteiger partial charge in [0.25, 0.3) is 0 Å². The molecule has 7 nitrogen and oxygen atoms in total. The molecule has 4 N–H and O–H groups in total. The molecule has 0 radical (unpaired) electrons. The third kappa shape index (κ3) is 5.03. The molecule has 166 valence electrons. The van der Waals surface area contributed by atoms with Gasteiger partial charge in [0.05, 0.1) is 30.6 Å². The van der Waals surface area contributed by atoms with E-state index >= 15 is 0 Å². The van der Waals surface area contributed by atoms with E-state index < -0.39 is 24.9 Å². The number of nitrogens with zero attached hydrogens (tertiary/aromatic N) is 2. The van der Waals surface area contributed by atoms with Gasteiger partial charge < -0.3 is 30.2 Å². The first-order chi connectivity index (χ1) is 14.3. The van der Waals surface area contributed by atoms with E-state index in [9.17, 15) is 20.1 Å². The number of rotatable bonds is 7. The smallest absolute Gasteiger partial charge is 0.246 e. The van der Waals surface area contributed by atoms with Gasteiger partial charge in [-0.15, -0.1) is 0 Å². The number of aliphatic hydroxyl groups excluding tert-OH is 4. The van der Waals surface area contributed by atoms with Crippen molar-refractivity contribution in [3.8, 4) is 0 Å². The van der Waals surface area contributed by atoms with Gasteiger partial charge in [0, 0.05) is 13.1 Å². The summed E-state index contributed by atoms with van der Waals surface area (Å²) in [5, 5.41) is 39.0. The van der Waals surface area contributed by atoms with Crippen molar-refractivity contribution in [2.45, 2.75) is 64.3 Å². The van der Waals surface area contributed by atoms with Crippen molar-refractivity contribution < 1.29 is 25.2 Å². The monoisotopic (exact) mass is 418 g/mol. The van der Waals surface area contributed by atoms with Crippen LogP contribution in [0.15, 0.2) is 23.8 Å². The Hall–Kier alpha value is -1.93. The number of benzene rings is 1. The number of amides is 1. The lowest BCUT2D eigenvalue weighted by Crippen LogP contribution is -2.51. The molecule has 1 heterocycles. The summed E-state index contributed by atoms with van der Waals surface area (Å²) in [6.45, 7) is 3.96. The average Bonchev–Trinajstić information content (AvgIpc) is 2.74. The molecule has 3 atom stereocenters. The molecule has 1 aromatic rings. The molecule has 30 heavy (non-hydrogen) atoms. The lowest BCUT2D eigenvalue weighted by molar-refractivity contribution is -0.117. The van der Waals surface area contributed by atoms with Gasteiger partial charge in [-0.3, -0.25) is 4.79 Å². The highest BCUT2D eigenvalue weighted by Crippen LogP contribution is 2.36. The van der Waals surface area contributed by atoms with Gasteiger partial charge in [-0.25, -0.2) is 0 Å². The SMILES string of the molecule is Cc1cc2c(cc1C)N(CC=C1CCCCC1)C(=O)CN2C[C@H](O)[C@H](O)[C@H](O)CO. The minimum Gasteiger partial charge on any atom is -0.394 e. The van der Waals surface area contributed by atoms with Crippen LogP contribution in [0.3, 0.4) is 0 Å². The van der Waals surface area contributed by atoms with E-state index in [1.54, 1.807) is 9.80 Å². The molecule has 2 aliphatic rings. The van der Waals surface area contributed by atoms with Crippen molar-refractivity contribution in [2.75, 3.05) is 36.0 Å². The van der Waals surface area contributed by atoms with Crippen molar-refractivity contribution in [1.29, 1.82) is 0 Å². The minimum absolute atomic E-state index is 0.0194. The molecule has 0 bridgehead atoms. The number of carbonyl (C=O) groups excluding carboxylic acids is 1. The van der Waals surface area contributed by atoms with Gasteiger partial charge in [-0.2, -0.15) is 0 Å². The molecule has 3 rings (SSSR count). The molecular weight excluding hydrogens is 384 g/mol. The molecule has 1 aliphatic carbocycles. The van der Waals surface area contributed by atoms with Gasteiger partial charge in [0.15, 0.2) is 0 Å². The number of β-amino-alcohol motifs (C(OH)–C–C–N with tert-alkyl or cyclic N) is 1. The fourth-order valence-electron chi connectivity index (χ4n) is 4.22. The van der Waals surface area contributed by atoms with Crippen LogP contribution >= 0.6 is 0 Å². The predicted molar refractivity (Wildman–Crippen MR) is 117 cm³/mol. The Balaban J connectivity index is 1.85. The van der Waals surface area contributed by atoms with Crippen LogP contribution < -0.4 is 9.80 Å². The minimum atomic E-state index is -1.49. The molecule has 1 fully saturated rings. The molecule has 1 saturated carbocycles. The quantitative estimate of drug-likeness (QED) is 0.500. The van der Waals surface area contributed by atoms with Gasteiger partial charge in [-0.05, 0) is 62.8 Å². The highest BCUT2D eigenvalue weighted by Gasteiger charge is 2.33. The van der Waals surface area contributed by atoms with Crippen LogP contribution in [0.2, 0.25) is 0 Å². The second-order valence-electron chi connectivity index (χ2n) is 8.54. The summed E-state index contributed by atoms with van der Waals surface area (Å²) >= 11 is 0. The summed E-state index contributed by atoms with van der Waals surface area (Å²) in [5.74, 6) is -0.0668. The van der Waals surface area contributed by atoms with E-state index in [0.29, 0.717) is 6.54 Å². The van der Waals surface area contributed by atoms with Gasteiger partial charge in [-0.1, -0.05) is 18.1 Å². The zero-order valence-corrected chi connectivity index (χ0v) is 17.9.